The van der Waals surface area contributed by atoms with Crippen molar-refractivity contribution in [3.63, 3.8) is 0 Å². The predicted molar refractivity (Wildman–Crippen MR) is 105 cm³/mol. The molecule has 0 aliphatic rings. The molecule has 6 heteroatoms. The molecule has 1 aromatic rings. The summed E-state index contributed by atoms with van der Waals surface area (Å²) in [4.78, 5) is 15.2. The van der Waals surface area contributed by atoms with E-state index in [1.807, 2.05) is 6.07 Å². The minimum atomic E-state index is -0.133. The Kier molecular flexibility index (Phi) is 13.5. The number of aliphatic imine (C=N–C) groups is 1. The van der Waals surface area contributed by atoms with E-state index in [9.17, 15) is 4.79 Å². The van der Waals surface area contributed by atoms with Crippen LogP contribution in [0.2, 0.25) is 0 Å². The first-order chi connectivity index (χ1) is 10.8. The number of carbonyl (C=O) groups excluding carboxylic acids is 1. The average molecular weight is 433 g/mol. The fourth-order valence-corrected chi connectivity index (χ4v) is 2.07. The van der Waals surface area contributed by atoms with E-state index in [1.165, 1.54) is 12.7 Å². The van der Waals surface area contributed by atoms with Crippen molar-refractivity contribution in [2.45, 2.75) is 32.1 Å². The third-order valence-corrected chi connectivity index (χ3v) is 3.35. The molecule has 5 nitrogen and oxygen atoms in total. The molecule has 0 aliphatic carbocycles. The zero-order valence-corrected chi connectivity index (χ0v) is 16.3. The number of benzene rings is 1. The minimum absolute atomic E-state index is 0. The van der Waals surface area contributed by atoms with Gasteiger partial charge in [-0.3, -0.25) is 9.79 Å². The summed E-state index contributed by atoms with van der Waals surface area (Å²) in [6, 6.07) is 10.4. The third kappa shape index (κ3) is 11.0. The first-order valence-electron chi connectivity index (χ1n) is 7.81. The molecule has 0 bridgehead atoms. The lowest BCUT2D eigenvalue weighted by Gasteiger charge is -2.11. The molecular weight excluding hydrogens is 405 g/mol. The second-order valence-electron chi connectivity index (χ2n) is 5.05. The van der Waals surface area contributed by atoms with Crippen molar-refractivity contribution < 1.29 is 9.53 Å². The van der Waals surface area contributed by atoms with E-state index in [0.29, 0.717) is 6.42 Å². The Morgan fingerprint density at radius 3 is 2.43 bits per heavy atom. The van der Waals surface area contributed by atoms with Crippen LogP contribution in [0.1, 0.15) is 31.2 Å². The first kappa shape index (κ1) is 21.7. The molecule has 0 saturated carbocycles. The van der Waals surface area contributed by atoms with Gasteiger partial charge >= 0.3 is 5.97 Å². The fourth-order valence-electron chi connectivity index (χ4n) is 2.07. The lowest BCUT2D eigenvalue weighted by Crippen LogP contribution is -2.38. The average Bonchev–Trinajstić information content (AvgIpc) is 2.56. The normalized spacial score (nSPS) is 10.6. The van der Waals surface area contributed by atoms with Crippen LogP contribution in [-0.2, 0) is 16.0 Å². The summed E-state index contributed by atoms with van der Waals surface area (Å²) in [5, 5.41) is 6.58. The largest absolute Gasteiger partial charge is 0.469 e. The van der Waals surface area contributed by atoms with Crippen molar-refractivity contribution in [3.8, 4) is 0 Å². The van der Waals surface area contributed by atoms with Crippen LogP contribution in [0.5, 0.6) is 0 Å². The molecule has 130 valence electrons. The molecule has 0 aromatic heterocycles. The Bertz CT molecular complexity index is 452. The van der Waals surface area contributed by atoms with Crippen LogP contribution in [0.25, 0.3) is 0 Å². The lowest BCUT2D eigenvalue weighted by molar-refractivity contribution is -0.140. The molecule has 0 heterocycles. The van der Waals surface area contributed by atoms with E-state index in [4.69, 9.17) is 0 Å². The summed E-state index contributed by atoms with van der Waals surface area (Å²) < 4.78 is 4.61. The molecule has 0 radical (unpaired) electrons. The summed E-state index contributed by atoms with van der Waals surface area (Å²) in [7, 11) is 3.20. The van der Waals surface area contributed by atoms with Crippen molar-refractivity contribution in [1.29, 1.82) is 0 Å². The van der Waals surface area contributed by atoms with E-state index in [-0.39, 0.29) is 29.9 Å². The third-order valence-electron chi connectivity index (χ3n) is 3.35. The number of halogens is 1. The minimum Gasteiger partial charge on any atom is -0.469 e. The Morgan fingerprint density at radius 2 is 1.78 bits per heavy atom. The summed E-state index contributed by atoms with van der Waals surface area (Å²) in [6.07, 6.45) is 4.36. The van der Waals surface area contributed by atoms with Gasteiger partial charge in [-0.2, -0.15) is 0 Å². The quantitative estimate of drug-likeness (QED) is 0.207. The number of unbranched alkanes of at least 4 members (excludes halogenated alkanes) is 2. The number of hydrogen-bond acceptors (Lipinski definition) is 3. The Hall–Kier alpha value is -1.31. The van der Waals surface area contributed by atoms with Crippen LogP contribution in [0.4, 0.5) is 0 Å². The number of nitrogens with one attached hydrogen (secondary N) is 2. The standard InChI is InChI=1S/C17H27N3O2.HI/c1-18-17(19-13-8-4-7-11-16(21)22-2)20-14-12-15-9-5-3-6-10-15;/h3,5-6,9-10H,4,7-8,11-14H2,1-2H3,(H2,18,19,20);1H. The summed E-state index contributed by atoms with van der Waals surface area (Å²) in [6.45, 7) is 1.71. The topological polar surface area (TPSA) is 62.7 Å². The van der Waals surface area contributed by atoms with E-state index in [0.717, 1.165) is 44.7 Å². The van der Waals surface area contributed by atoms with Crippen LogP contribution in [-0.4, -0.2) is 39.2 Å². The highest BCUT2D eigenvalue weighted by Crippen LogP contribution is 2.00. The van der Waals surface area contributed by atoms with Gasteiger partial charge in [-0.05, 0) is 24.8 Å². The Balaban J connectivity index is 0.00000484. The Morgan fingerprint density at radius 1 is 1.09 bits per heavy atom. The number of guanidine groups is 1. The van der Waals surface area contributed by atoms with Crippen molar-refractivity contribution in [2.75, 3.05) is 27.2 Å². The maximum Gasteiger partial charge on any atom is 0.305 e. The number of ether oxygens (including phenoxy) is 1. The molecule has 23 heavy (non-hydrogen) atoms. The van der Waals surface area contributed by atoms with Gasteiger partial charge in [0.1, 0.15) is 0 Å². The molecule has 0 saturated heterocycles. The zero-order valence-electron chi connectivity index (χ0n) is 14.0. The Labute approximate surface area is 156 Å². The predicted octanol–water partition coefficient (Wildman–Crippen LogP) is 2.75. The van der Waals surface area contributed by atoms with Gasteiger partial charge in [0.2, 0.25) is 0 Å². The molecular formula is C17H28IN3O2. The highest BCUT2D eigenvalue weighted by atomic mass is 127. The van der Waals surface area contributed by atoms with Gasteiger partial charge in [-0.25, -0.2) is 0 Å². The lowest BCUT2D eigenvalue weighted by atomic mass is 10.1. The molecule has 1 rings (SSSR count). The molecule has 0 unspecified atom stereocenters. The number of methoxy groups -OCH3 is 1. The van der Waals surface area contributed by atoms with Gasteiger partial charge in [0, 0.05) is 26.6 Å². The van der Waals surface area contributed by atoms with Crippen molar-refractivity contribution in [1.82, 2.24) is 10.6 Å². The smallest absolute Gasteiger partial charge is 0.305 e. The fraction of sp³-hybridized carbons (Fsp3) is 0.529. The SMILES string of the molecule is CN=C(NCCCCCC(=O)OC)NCCc1ccccc1.I. The van der Waals surface area contributed by atoms with Gasteiger partial charge in [-0.1, -0.05) is 36.8 Å². The van der Waals surface area contributed by atoms with E-state index in [2.05, 4.69) is 44.6 Å². The highest BCUT2D eigenvalue weighted by Gasteiger charge is 2.00. The van der Waals surface area contributed by atoms with Gasteiger partial charge in [-0.15, -0.1) is 24.0 Å². The van der Waals surface area contributed by atoms with Crippen LogP contribution in [0, 0.1) is 0 Å². The molecule has 0 spiro atoms. The number of carbonyl (C=O) groups is 1. The van der Waals surface area contributed by atoms with Crippen molar-refractivity contribution in [3.05, 3.63) is 35.9 Å². The van der Waals surface area contributed by atoms with Gasteiger partial charge in [0.15, 0.2) is 5.96 Å². The summed E-state index contributed by atoms with van der Waals surface area (Å²) in [5.41, 5.74) is 1.31. The highest BCUT2D eigenvalue weighted by molar-refractivity contribution is 14.0. The van der Waals surface area contributed by atoms with E-state index < -0.39 is 0 Å². The van der Waals surface area contributed by atoms with Crippen LogP contribution in [0.15, 0.2) is 35.3 Å². The molecule has 2 N–H and O–H groups in total. The van der Waals surface area contributed by atoms with Crippen molar-refractivity contribution >= 4 is 35.9 Å². The molecule has 0 aliphatic heterocycles. The van der Waals surface area contributed by atoms with Crippen molar-refractivity contribution in [2.24, 2.45) is 4.99 Å². The summed E-state index contributed by atoms with van der Waals surface area (Å²) in [5.74, 6) is 0.690. The second-order valence-corrected chi connectivity index (χ2v) is 5.05. The number of nitrogens with zero attached hydrogens (tertiary/aromatic N) is 1. The van der Waals surface area contributed by atoms with E-state index >= 15 is 0 Å². The molecule has 0 atom stereocenters. The van der Waals surface area contributed by atoms with Gasteiger partial charge < -0.3 is 15.4 Å². The van der Waals surface area contributed by atoms with Crippen LogP contribution >= 0.6 is 24.0 Å². The summed E-state index contributed by atoms with van der Waals surface area (Å²) >= 11 is 0. The van der Waals surface area contributed by atoms with Gasteiger partial charge in [0.25, 0.3) is 0 Å². The number of rotatable bonds is 9. The maximum absolute atomic E-state index is 11.0. The number of hydrogen-bond donors (Lipinski definition) is 2. The molecule has 1 aromatic carbocycles. The first-order valence-corrected chi connectivity index (χ1v) is 7.81. The maximum atomic E-state index is 11.0. The van der Waals surface area contributed by atoms with Gasteiger partial charge in [0.05, 0.1) is 7.11 Å². The zero-order chi connectivity index (χ0) is 16.0. The van der Waals surface area contributed by atoms with Crippen LogP contribution < -0.4 is 10.6 Å². The monoisotopic (exact) mass is 433 g/mol. The van der Waals surface area contributed by atoms with E-state index in [1.54, 1.807) is 7.05 Å². The van der Waals surface area contributed by atoms with Crippen LogP contribution in [0.3, 0.4) is 0 Å². The molecule has 0 amide bonds. The number of esters is 1. The molecule has 0 fully saturated rings. The second kappa shape index (κ2) is 14.3.